The Kier molecular flexibility index (Phi) is 3.64. The summed E-state index contributed by atoms with van der Waals surface area (Å²) in [6.07, 6.45) is 2.60. The van der Waals surface area contributed by atoms with E-state index in [0.717, 1.165) is 0 Å². The van der Waals surface area contributed by atoms with Gasteiger partial charge in [-0.2, -0.15) is 0 Å². The molecule has 1 N–H and O–H groups in total. The highest BCUT2D eigenvalue weighted by atomic mass is 16.4. The van der Waals surface area contributed by atoms with Crippen LogP contribution in [0.5, 0.6) is 0 Å². The van der Waals surface area contributed by atoms with Gasteiger partial charge >= 0.3 is 5.97 Å². The van der Waals surface area contributed by atoms with Crippen LogP contribution in [0, 0.1) is 0 Å². The number of hydrogen-bond donors (Lipinski definition) is 1. The Balaban J connectivity index is 2.08. The Morgan fingerprint density at radius 1 is 1.32 bits per heavy atom. The molecule has 1 aromatic rings. The topological polar surface area (TPSA) is 86.6 Å². The second-order valence-corrected chi connectivity index (χ2v) is 4.67. The molecule has 2 heterocycles. The highest BCUT2D eigenvalue weighted by Crippen LogP contribution is 2.14. The summed E-state index contributed by atoms with van der Waals surface area (Å²) >= 11 is 0. The van der Waals surface area contributed by atoms with E-state index in [1.54, 1.807) is 4.90 Å². The van der Waals surface area contributed by atoms with Gasteiger partial charge in [-0.15, -0.1) is 0 Å². The Hall–Kier alpha value is -2.18. The van der Waals surface area contributed by atoms with Crippen molar-refractivity contribution in [2.24, 2.45) is 0 Å². The van der Waals surface area contributed by atoms with Gasteiger partial charge in [-0.25, -0.2) is 14.8 Å². The van der Waals surface area contributed by atoms with Gasteiger partial charge in [-0.1, -0.05) is 0 Å². The fraction of sp³-hybridized carbons (Fsp3) is 0.500. The van der Waals surface area contributed by atoms with Crippen LogP contribution >= 0.6 is 0 Å². The SMILES string of the molecule is CC(C)N1CCN(c2cnc(C(=O)O)cn2)CC1=O. The normalized spacial score (nSPS) is 16.1. The third kappa shape index (κ3) is 2.81. The van der Waals surface area contributed by atoms with Gasteiger partial charge in [0.15, 0.2) is 5.69 Å². The van der Waals surface area contributed by atoms with Gasteiger partial charge in [0.05, 0.1) is 18.9 Å². The summed E-state index contributed by atoms with van der Waals surface area (Å²) in [5.74, 6) is -0.535. The molecular weight excluding hydrogens is 248 g/mol. The standard InChI is InChI=1S/C12H16N4O3/c1-8(2)16-4-3-15(7-11(16)17)10-6-13-9(5-14-10)12(18)19/h5-6,8H,3-4,7H2,1-2H3,(H,18,19). The zero-order valence-electron chi connectivity index (χ0n) is 10.9. The van der Waals surface area contributed by atoms with Crippen molar-refractivity contribution < 1.29 is 14.7 Å². The van der Waals surface area contributed by atoms with Gasteiger partial charge in [0.1, 0.15) is 5.82 Å². The number of aromatic nitrogens is 2. The zero-order chi connectivity index (χ0) is 14.0. The van der Waals surface area contributed by atoms with E-state index in [0.29, 0.717) is 18.9 Å². The lowest BCUT2D eigenvalue weighted by atomic mass is 10.2. The van der Waals surface area contributed by atoms with Crippen LogP contribution in [-0.2, 0) is 4.79 Å². The molecule has 19 heavy (non-hydrogen) atoms. The summed E-state index contributed by atoms with van der Waals surface area (Å²) in [4.78, 5) is 34.1. The first-order valence-electron chi connectivity index (χ1n) is 6.09. The van der Waals surface area contributed by atoms with Crippen LogP contribution in [0.15, 0.2) is 12.4 Å². The average molecular weight is 264 g/mol. The van der Waals surface area contributed by atoms with E-state index in [1.807, 2.05) is 18.7 Å². The molecule has 0 radical (unpaired) electrons. The number of aromatic carboxylic acids is 1. The summed E-state index contributed by atoms with van der Waals surface area (Å²) in [6, 6.07) is 0.190. The Labute approximate surface area is 110 Å². The average Bonchev–Trinajstić information content (AvgIpc) is 2.38. The highest BCUT2D eigenvalue weighted by Gasteiger charge is 2.26. The van der Waals surface area contributed by atoms with E-state index in [4.69, 9.17) is 5.11 Å². The second kappa shape index (κ2) is 5.21. The number of carbonyl (C=O) groups excluding carboxylic acids is 1. The Bertz CT molecular complexity index is 486. The molecule has 0 saturated carbocycles. The van der Waals surface area contributed by atoms with Crippen LogP contribution < -0.4 is 4.90 Å². The minimum absolute atomic E-state index is 0.0466. The number of hydrogen-bond acceptors (Lipinski definition) is 5. The van der Waals surface area contributed by atoms with Gasteiger partial charge in [0.2, 0.25) is 5.91 Å². The number of rotatable bonds is 3. The molecule has 102 valence electrons. The van der Waals surface area contributed by atoms with Crippen LogP contribution in [0.2, 0.25) is 0 Å². The van der Waals surface area contributed by atoms with Crippen molar-refractivity contribution in [1.29, 1.82) is 0 Å². The molecule has 1 aromatic heterocycles. The number of nitrogens with zero attached hydrogens (tertiary/aromatic N) is 4. The minimum Gasteiger partial charge on any atom is -0.476 e. The van der Waals surface area contributed by atoms with Crippen molar-refractivity contribution >= 4 is 17.7 Å². The van der Waals surface area contributed by atoms with Gasteiger partial charge in [-0.05, 0) is 13.8 Å². The summed E-state index contributed by atoms with van der Waals surface area (Å²) in [6.45, 7) is 5.52. The first kappa shape index (κ1) is 13.3. The molecule has 7 nitrogen and oxygen atoms in total. The number of piperazine rings is 1. The van der Waals surface area contributed by atoms with Crippen LogP contribution in [0.25, 0.3) is 0 Å². The maximum Gasteiger partial charge on any atom is 0.356 e. The largest absolute Gasteiger partial charge is 0.476 e. The lowest BCUT2D eigenvalue weighted by Gasteiger charge is -2.37. The predicted octanol–water partition coefficient (Wildman–Crippen LogP) is 0.232. The molecule has 2 rings (SSSR count). The summed E-state index contributed by atoms with van der Waals surface area (Å²) in [5.41, 5.74) is -0.101. The molecule has 1 saturated heterocycles. The molecule has 7 heteroatoms. The molecular formula is C12H16N4O3. The third-order valence-corrected chi connectivity index (χ3v) is 3.06. The molecule has 0 aromatic carbocycles. The van der Waals surface area contributed by atoms with E-state index < -0.39 is 5.97 Å². The summed E-state index contributed by atoms with van der Waals surface area (Å²) in [5, 5.41) is 8.75. The van der Waals surface area contributed by atoms with Crippen LogP contribution in [0.3, 0.4) is 0 Å². The predicted molar refractivity (Wildman–Crippen MR) is 68.1 cm³/mol. The molecule has 0 aliphatic carbocycles. The third-order valence-electron chi connectivity index (χ3n) is 3.06. The second-order valence-electron chi connectivity index (χ2n) is 4.67. The first-order chi connectivity index (χ1) is 8.99. The fourth-order valence-electron chi connectivity index (χ4n) is 2.02. The lowest BCUT2D eigenvalue weighted by molar-refractivity contribution is -0.132. The smallest absolute Gasteiger partial charge is 0.356 e. The molecule has 1 aliphatic heterocycles. The molecule has 0 unspecified atom stereocenters. The molecule has 0 atom stereocenters. The molecule has 0 bridgehead atoms. The number of carboxylic acids is 1. The van der Waals surface area contributed by atoms with Gasteiger partial charge < -0.3 is 14.9 Å². The zero-order valence-corrected chi connectivity index (χ0v) is 10.9. The maximum absolute atomic E-state index is 11.9. The van der Waals surface area contributed by atoms with Crippen LogP contribution in [0.1, 0.15) is 24.3 Å². The van der Waals surface area contributed by atoms with E-state index in [-0.39, 0.29) is 24.2 Å². The monoisotopic (exact) mass is 264 g/mol. The number of amides is 1. The van der Waals surface area contributed by atoms with Crippen molar-refractivity contribution in [2.75, 3.05) is 24.5 Å². The van der Waals surface area contributed by atoms with Crippen molar-refractivity contribution in [3.63, 3.8) is 0 Å². The number of carbonyl (C=O) groups is 2. The first-order valence-corrected chi connectivity index (χ1v) is 6.09. The number of anilines is 1. The summed E-state index contributed by atoms with van der Waals surface area (Å²) in [7, 11) is 0. The summed E-state index contributed by atoms with van der Waals surface area (Å²) < 4.78 is 0. The van der Waals surface area contributed by atoms with Gasteiger partial charge in [0.25, 0.3) is 0 Å². The van der Waals surface area contributed by atoms with Crippen molar-refractivity contribution in [3.05, 3.63) is 18.1 Å². The Morgan fingerprint density at radius 3 is 2.53 bits per heavy atom. The lowest BCUT2D eigenvalue weighted by Crippen LogP contribution is -2.53. The van der Waals surface area contributed by atoms with Crippen molar-refractivity contribution in [2.45, 2.75) is 19.9 Å². The van der Waals surface area contributed by atoms with E-state index in [1.165, 1.54) is 12.4 Å². The van der Waals surface area contributed by atoms with Gasteiger partial charge in [-0.3, -0.25) is 4.79 Å². The van der Waals surface area contributed by atoms with Crippen molar-refractivity contribution in [3.8, 4) is 0 Å². The Morgan fingerprint density at radius 2 is 2.05 bits per heavy atom. The van der Waals surface area contributed by atoms with Gasteiger partial charge in [0, 0.05) is 19.1 Å². The van der Waals surface area contributed by atoms with Crippen LogP contribution in [0.4, 0.5) is 5.82 Å². The van der Waals surface area contributed by atoms with E-state index in [2.05, 4.69) is 9.97 Å². The quantitative estimate of drug-likeness (QED) is 0.841. The van der Waals surface area contributed by atoms with Crippen molar-refractivity contribution in [1.82, 2.24) is 14.9 Å². The molecule has 1 amide bonds. The minimum atomic E-state index is -1.11. The van der Waals surface area contributed by atoms with E-state index >= 15 is 0 Å². The van der Waals surface area contributed by atoms with E-state index in [9.17, 15) is 9.59 Å². The fourth-order valence-corrected chi connectivity index (χ4v) is 2.02. The van der Waals surface area contributed by atoms with Crippen LogP contribution in [-0.4, -0.2) is 57.5 Å². The molecule has 0 spiro atoms. The number of carboxylic acid groups (broad SMARTS) is 1. The maximum atomic E-state index is 11.9. The highest BCUT2D eigenvalue weighted by molar-refractivity contribution is 5.85. The molecule has 1 aliphatic rings. The molecule has 1 fully saturated rings.